The van der Waals surface area contributed by atoms with Crippen molar-refractivity contribution < 1.29 is 19.1 Å². The first-order valence-corrected chi connectivity index (χ1v) is 6.89. The highest BCUT2D eigenvalue weighted by Gasteiger charge is 2.41. The first-order chi connectivity index (χ1) is 9.04. The molecule has 1 saturated heterocycles. The number of carbonyl (C=O) groups excluding carboxylic acids is 1. The van der Waals surface area contributed by atoms with E-state index in [1.165, 1.54) is 28.8 Å². The summed E-state index contributed by atoms with van der Waals surface area (Å²) >= 11 is 1.42. The average molecular weight is 284 g/mol. The zero-order valence-electron chi connectivity index (χ0n) is 10.2. The van der Waals surface area contributed by atoms with E-state index in [9.17, 15) is 14.0 Å². The summed E-state index contributed by atoms with van der Waals surface area (Å²) in [5.41, 5.74) is -0.0628. The number of aromatic nitrogens is 1. The van der Waals surface area contributed by atoms with E-state index in [-0.39, 0.29) is 11.1 Å². The van der Waals surface area contributed by atoms with E-state index in [0.29, 0.717) is 12.2 Å². The van der Waals surface area contributed by atoms with Crippen molar-refractivity contribution in [3.63, 3.8) is 0 Å². The van der Waals surface area contributed by atoms with Crippen LogP contribution in [0.3, 0.4) is 0 Å². The van der Waals surface area contributed by atoms with Crippen LogP contribution in [0.1, 0.15) is 23.8 Å². The average Bonchev–Trinajstić information content (AvgIpc) is 2.81. The molecule has 0 aromatic carbocycles. The van der Waals surface area contributed by atoms with Crippen LogP contribution in [-0.4, -0.2) is 44.0 Å². The van der Waals surface area contributed by atoms with Crippen molar-refractivity contribution in [3.05, 3.63) is 29.8 Å². The van der Waals surface area contributed by atoms with Crippen molar-refractivity contribution in [2.24, 2.45) is 0 Å². The lowest BCUT2D eigenvalue weighted by molar-refractivity contribution is -0.141. The Balaban J connectivity index is 2.31. The molecule has 1 aromatic heterocycles. The molecular formula is C12H13FN2O3S. The Morgan fingerprint density at radius 2 is 2.32 bits per heavy atom. The zero-order chi connectivity index (χ0) is 14.0. The number of hydrogen-bond donors (Lipinski definition) is 1. The largest absolute Gasteiger partial charge is 0.480 e. The summed E-state index contributed by atoms with van der Waals surface area (Å²) in [6, 6.07) is 3.03. The van der Waals surface area contributed by atoms with Gasteiger partial charge in [0.1, 0.15) is 11.7 Å². The van der Waals surface area contributed by atoms with Crippen LogP contribution in [-0.2, 0) is 4.79 Å². The Morgan fingerprint density at radius 1 is 1.58 bits per heavy atom. The fourth-order valence-corrected chi connectivity index (χ4v) is 3.35. The van der Waals surface area contributed by atoms with Crippen molar-refractivity contribution in [1.82, 2.24) is 9.88 Å². The summed E-state index contributed by atoms with van der Waals surface area (Å²) in [4.78, 5) is 28.3. The molecule has 1 fully saturated rings. The van der Waals surface area contributed by atoms with Gasteiger partial charge in [0.05, 0.1) is 5.37 Å². The van der Waals surface area contributed by atoms with Crippen LogP contribution in [0.2, 0.25) is 0 Å². The smallest absolute Gasteiger partial charge is 0.327 e. The van der Waals surface area contributed by atoms with Crippen molar-refractivity contribution in [1.29, 1.82) is 0 Å². The molecule has 0 spiro atoms. The van der Waals surface area contributed by atoms with Gasteiger partial charge in [0.2, 0.25) is 5.95 Å². The Morgan fingerprint density at radius 3 is 2.89 bits per heavy atom. The topological polar surface area (TPSA) is 70.5 Å². The lowest BCUT2D eigenvalue weighted by Crippen LogP contribution is -2.45. The van der Waals surface area contributed by atoms with Crippen LogP contribution >= 0.6 is 11.8 Å². The first kappa shape index (κ1) is 13.8. The highest BCUT2D eigenvalue weighted by atomic mass is 32.2. The van der Waals surface area contributed by atoms with Crippen LogP contribution in [0.15, 0.2) is 18.2 Å². The van der Waals surface area contributed by atoms with Crippen molar-refractivity contribution in [2.45, 2.75) is 24.8 Å². The summed E-state index contributed by atoms with van der Waals surface area (Å²) < 4.78 is 13.0. The number of rotatable bonds is 3. The summed E-state index contributed by atoms with van der Waals surface area (Å²) in [5, 5.41) is 8.94. The third kappa shape index (κ3) is 2.70. The monoisotopic (exact) mass is 284 g/mol. The molecule has 2 atom stereocenters. The highest BCUT2D eigenvalue weighted by Crippen LogP contribution is 2.32. The molecule has 1 amide bonds. The second-order valence-electron chi connectivity index (χ2n) is 4.11. The van der Waals surface area contributed by atoms with Gasteiger partial charge in [-0.25, -0.2) is 9.78 Å². The number of amides is 1. The summed E-state index contributed by atoms with van der Waals surface area (Å²) in [6.07, 6.45) is 0.634. The summed E-state index contributed by atoms with van der Waals surface area (Å²) in [5.74, 6) is -2.00. The second-order valence-corrected chi connectivity index (χ2v) is 5.32. The SMILES string of the molecule is CCC1SCC(C(=O)O)N1C(=O)c1cccc(F)n1. The van der Waals surface area contributed by atoms with Gasteiger partial charge < -0.3 is 10.0 Å². The predicted molar refractivity (Wildman–Crippen MR) is 68.3 cm³/mol. The van der Waals surface area contributed by atoms with Gasteiger partial charge in [-0.1, -0.05) is 13.0 Å². The molecule has 0 radical (unpaired) electrons. The number of halogens is 1. The molecule has 2 heterocycles. The van der Waals surface area contributed by atoms with E-state index < -0.39 is 23.9 Å². The van der Waals surface area contributed by atoms with E-state index in [2.05, 4.69) is 4.98 Å². The number of nitrogens with zero attached hydrogens (tertiary/aromatic N) is 2. The van der Waals surface area contributed by atoms with E-state index in [1.807, 2.05) is 6.92 Å². The Kier molecular flexibility index (Phi) is 4.04. The fourth-order valence-electron chi connectivity index (χ4n) is 2.00. The van der Waals surface area contributed by atoms with Crippen LogP contribution in [0.5, 0.6) is 0 Å². The number of carbonyl (C=O) groups is 2. The number of pyridine rings is 1. The number of carboxylic acids is 1. The molecule has 1 aliphatic rings. The Bertz CT molecular complexity index is 512. The number of thioether (sulfide) groups is 1. The van der Waals surface area contributed by atoms with Crippen molar-refractivity contribution in [3.8, 4) is 0 Å². The Labute approximate surface area is 113 Å². The van der Waals surface area contributed by atoms with Gasteiger partial charge in [-0.2, -0.15) is 4.39 Å². The van der Waals surface area contributed by atoms with E-state index in [0.717, 1.165) is 6.07 Å². The molecule has 19 heavy (non-hydrogen) atoms. The van der Waals surface area contributed by atoms with Gasteiger partial charge in [-0.3, -0.25) is 4.79 Å². The molecule has 2 rings (SSSR count). The molecule has 1 aromatic rings. The predicted octanol–water partition coefficient (Wildman–Crippen LogP) is 1.60. The van der Waals surface area contributed by atoms with Gasteiger partial charge in [-0.05, 0) is 18.6 Å². The normalized spacial score (nSPS) is 22.5. The zero-order valence-corrected chi connectivity index (χ0v) is 11.1. The fraction of sp³-hybridized carbons (Fsp3) is 0.417. The molecule has 1 N–H and O–H groups in total. The van der Waals surface area contributed by atoms with Crippen LogP contribution in [0, 0.1) is 5.95 Å². The minimum Gasteiger partial charge on any atom is -0.480 e. The molecule has 0 aliphatic carbocycles. The van der Waals surface area contributed by atoms with Gasteiger partial charge in [0, 0.05) is 5.75 Å². The minimum atomic E-state index is -1.05. The molecular weight excluding hydrogens is 271 g/mol. The van der Waals surface area contributed by atoms with Crippen LogP contribution < -0.4 is 0 Å². The highest BCUT2D eigenvalue weighted by molar-refractivity contribution is 8.00. The molecule has 0 bridgehead atoms. The maximum atomic E-state index is 13.0. The van der Waals surface area contributed by atoms with E-state index in [4.69, 9.17) is 5.11 Å². The van der Waals surface area contributed by atoms with Crippen molar-refractivity contribution in [2.75, 3.05) is 5.75 Å². The molecule has 102 valence electrons. The van der Waals surface area contributed by atoms with Crippen LogP contribution in [0.4, 0.5) is 4.39 Å². The van der Waals surface area contributed by atoms with Crippen LogP contribution in [0.25, 0.3) is 0 Å². The third-order valence-corrected chi connectivity index (χ3v) is 4.35. The lowest BCUT2D eigenvalue weighted by Gasteiger charge is -2.26. The maximum Gasteiger partial charge on any atom is 0.327 e. The quantitative estimate of drug-likeness (QED) is 0.854. The molecule has 5 nitrogen and oxygen atoms in total. The number of hydrogen-bond acceptors (Lipinski definition) is 4. The van der Waals surface area contributed by atoms with Gasteiger partial charge in [0.25, 0.3) is 5.91 Å². The first-order valence-electron chi connectivity index (χ1n) is 5.84. The standard InChI is InChI=1S/C12H13FN2O3S/c1-2-10-15(8(6-19-10)12(17)18)11(16)7-4-3-5-9(13)14-7/h3-5,8,10H,2,6H2,1H3,(H,17,18). The molecule has 2 unspecified atom stereocenters. The Hall–Kier alpha value is -1.63. The minimum absolute atomic E-state index is 0.0628. The lowest BCUT2D eigenvalue weighted by atomic mass is 10.2. The van der Waals surface area contributed by atoms with E-state index in [1.54, 1.807) is 0 Å². The number of aliphatic carboxylic acids is 1. The molecule has 7 heteroatoms. The third-order valence-electron chi connectivity index (χ3n) is 2.90. The van der Waals surface area contributed by atoms with E-state index >= 15 is 0 Å². The van der Waals surface area contributed by atoms with Gasteiger partial charge in [0.15, 0.2) is 0 Å². The number of carboxylic acid groups (broad SMARTS) is 1. The van der Waals surface area contributed by atoms with Crippen molar-refractivity contribution >= 4 is 23.6 Å². The summed E-state index contributed by atoms with van der Waals surface area (Å²) in [7, 11) is 0. The summed E-state index contributed by atoms with van der Waals surface area (Å²) in [6.45, 7) is 1.88. The van der Waals surface area contributed by atoms with Gasteiger partial charge >= 0.3 is 5.97 Å². The maximum absolute atomic E-state index is 13.0. The molecule has 1 aliphatic heterocycles. The van der Waals surface area contributed by atoms with Gasteiger partial charge in [-0.15, -0.1) is 11.8 Å². The second kappa shape index (κ2) is 5.56. The molecule has 0 saturated carbocycles.